The van der Waals surface area contributed by atoms with Crippen LogP contribution >= 0.6 is 11.8 Å². The molecule has 21 heavy (non-hydrogen) atoms. The second kappa shape index (κ2) is 7.04. The van der Waals surface area contributed by atoms with Crippen molar-refractivity contribution in [3.05, 3.63) is 24.5 Å². The zero-order valence-corrected chi connectivity index (χ0v) is 13.2. The maximum atomic E-state index is 4.30. The molecule has 2 aromatic rings. The van der Waals surface area contributed by atoms with Crippen LogP contribution in [0.1, 0.15) is 19.3 Å². The lowest BCUT2D eigenvalue weighted by Gasteiger charge is -2.25. The Labute approximate surface area is 129 Å². The van der Waals surface area contributed by atoms with Crippen molar-refractivity contribution in [3.63, 3.8) is 0 Å². The van der Waals surface area contributed by atoms with Crippen molar-refractivity contribution in [2.24, 2.45) is 7.05 Å². The summed E-state index contributed by atoms with van der Waals surface area (Å²) in [6.07, 6.45) is 7.68. The summed E-state index contributed by atoms with van der Waals surface area (Å²) in [7, 11) is 2.02. The highest BCUT2D eigenvalue weighted by molar-refractivity contribution is 7.99. The number of nitrogens with zero attached hydrogens (tertiary/aromatic N) is 5. The Kier molecular flexibility index (Phi) is 4.87. The summed E-state index contributed by atoms with van der Waals surface area (Å²) >= 11 is 1.78. The van der Waals surface area contributed by atoms with Gasteiger partial charge in [-0.05, 0) is 38.1 Å². The number of likely N-dealkylation sites (tertiary alicyclic amines) is 1. The van der Waals surface area contributed by atoms with Gasteiger partial charge in [0.25, 0.3) is 0 Å². The van der Waals surface area contributed by atoms with Gasteiger partial charge in [-0.1, -0.05) is 18.2 Å². The second-order valence-corrected chi connectivity index (χ2v) is 6.42. The van der Waals surface area contributed by atoms with Crippen LogP contribution in [0.25, 0.3) is 11.4 Å². The van der Waals surface area contributed by atoms with E-state index in [-0.39, 0.29) is 0 Å². The van der Waals surface area contributed by atoms with Crippen LogP contribution in [0.5, 0.6) is 0 Å². The number of hydrogen-bond acceptors (Lipinski definition) is 5. The number of aromatic nitrogens is 4. The summed E-state index contributed by atoms with van der Waals surface area (Å²) in [6.45, 7) is 3.64. The predicted molar refractivity (Wildman–Crippen MR) is 85.2 cm³/mol. The maximum Gasteiger partial charge on any atom is 0.191 e. The highest BCUT2D eigenvalue weighted by Crippen LogP contribution is 2.22. The van der Waals surface area contributed by atoms with Crippen molar-refractivity contribution < 1.29 is 0 Å². The molecule has 3 rings (SSSR count). The summed E-state index contributed by atoms with van der Waals surface area (Å²) in [6, 6.07) is 3.94. The van der Waals surface area contributed by atoms with E-state index in [4.69, 9.17) is 0 Å². The predicted octanol–water partition coefficient (Wildman–Crippen LogP) is 2.46. The molecule has 1 saturated heterocycles. The van der Waals surface area contributed by atoms with Gasteiger partial charge in [-0.25, -0.2) is 0 Å². The van der Waals surface area contributed by atoms with E-state index >= 15 is 0 Å². The first-order chi connectivity index (χ1) is 10.3. The molecule has 0 bridgehead atoms. The van der Waals surface area contributed by atoms with E-state index in [1.807, 2.05) is 25.4 Å². The lowest BCUT2D eigenvalue weighted by Crippen LogP contribution is -2.31. The minimum atomic E-state index is 0.878. The summed E-state index contributed by atoms with van der Waals surface area (Å²) in [4.78, 5) is 6.69. The fraction of sp³-hybridized carbons (Fsp3) is 0.533. The van der Waals surface area contributed by atoms with Crippen LogP contribution in [0.2, 0.25) is 0 Å². The Bertz CT molecular complexity index is 563. The first-order valence-corrected chi connectivity index (χ1v) is 8.48. The van der Waals surface area contributed by atoms with E-state index in [0.717, 1.165) is 28.8 Å². The van der Waals surface area contributed by atoms with Crippen LogP contribution in [0.3, 0.4) is 0 Å². The molecule has 1 aliphatic heterocycles. The van der Waals surface area contributed by atoms with Crippen molar-refractivity contribution in [2.45, 2.75) is 24.4 Å². The van der Waals surface area contributed by atoms with Gasteiger partial charge in [0.05, 0.1) is 0 Å². The van der Waals surface area contributed by atoms with Crippen molar-refractivity contribution in [3.8, 4) is 11.4 Å². The highest BCUT2D eigenvalue weighted by Gasteiger charge is 2.13. The molecule has 6 heteroatoms. The molecule has 0 aromatic carbocycles. The molecule has 0 amide bonds. The normalized spacial score (nSPS) is 16.2. The van der Waals surface area contributed by atoms with Gasteiger partial charge in [-0.2, -0.15) is 0 Å². The molecule has 5 nitrogen and oxygen atoms in total. The molecule has 0 radical (unpaired) electrons. The van der Waals surface area contributed by atoms with Gasteiger partial charge in [-0.3, -0.25) is 4.98 Å². The SMILES string of the molecule is Cn1c(SCCN2CCCCC2)nnc1-c1cccnc1. The average molecular weight is 303 g/mol. The number of rotatable bonds is 5. The van der Waals surface area contributed by atoms with Crippen molar-refractivity contribution in [2.75, 3.05) is 25.4 Å². The lowest BCUT2D eigenvalue weighted by atomic mass is 10.1. The first-order valence-electron chi connectivity index (χ1n) is 7.49. The molecule has 0 N–H and O–H groups in total. The third-order valence-electron chi connectivity index (χ3n) is 3.84. The third-order valence-corrected chi connectivity index (χ3v) is 4.84. The molecular weight excluding hydrogens is 282 g/mol. The molecule has 1 fully saturated rings. The summed E-state index contributed by atoms with van der Waals surface area (Å²) in [5, 5.41) is 9.57. The third kappa shape index (κ3) is 3.63. The van der Waals surface area contributed by atoms with Gasteiger partial charge in [0, 0.05) is 37.3 Å². The van der Waals surface area contributed by atoms with Crippen molar-refractivity contribution in [1.82, 2.24) is 24.6 Å². The van der Waals surface area contributed by atoms with E-state index in [1.54, 1.807) is 18.0 Å². The minimum Gasteiger partial charge on any atom is -0.305 e. The van der Waals surface area contributed by atoms with Crippen molar-refractivity contribution in [1.29, 1.82) is 0 Å². The molecule has 0 atom stereocenters. The molecule has 1 aliphatic rings. The van der Waals surface area contributed by atoms with E-state index in [1.165, 1.54) is 32.4 Å². The van der Waals surface area contributed by atoms with Crippen LogP contribution in [0.4, 0.5) is 0 Å². The largest absolute Gasteiger partial charge is 0.305 e. The van der Waals surface area contributed by atoms with Crippen LogP contribution in [-0.2, 0) is 7.05 Å². The number of hydrogen-bond donors (Lipinski definition) is 0. The van der Waals surface area contributed by atoms with Crippen LogP contribution in [0.15, 0.2) is 29.7 Å². The van der Waals surface area contributed by atoms with Crippen LogP contribution in [0, 0.1) is 0 Å². The Hall–Kier alpha value is -1.40. The minimum absolute atomic E-state index is 0.878. The molecule has 0 unspecified atom stereocenters. The Morgan fingerprint density at radius 1 is 1.19 bits per heavy atom. The smallest absolute Gasteiger partial charge is 0.191 e. The van der Waals surface area contributed by atoms with Gasteiger partial charge in [0.1, 0.15) is 0 Å². The summed E-state index contributed by atoms with van der Waals surface area (Å²) in [5.41, 5.74) is 1.01. The Balaban J connectivity index is 1.58. The topological polar surface area (TPSA) is 46.8 Å². The molecule has 0 spiro atoms. The van der Waals surface area contributed by atoms with E-state index in [9.17, 15) is 0 Å². The fourth-order valence-corrected chi connectivity index (χ4v) is 3.55. The van der Waals surface area contributed by atoms with Gasteiger partial charge in [-0.15, -0.1) is 10.2 Å². The number of thioether (sulfide) groups is 1. The zero-order valence-electron chi connectivity index (χ0n) is 12.4. The first kappa shape index (κ1) is 14.5. The highest BCUT2D eigenvalue weighted by atomic mass is 32.2. The lowest BCUT2D eigenvalue weighted by molar-refractivity contribution is 0.242. The maximum absolute atomic E-state index is 4.30. The fourth-order valence-electron chi connectivity index (χ4n) is 2.64. The molecule has 0 saturated carbocycles. The number of piperidine rings is 1. The van der Waals surface area contributed by atoms with Crippen LogP contribution in [-0.4, -0.2) is 50.0 Å². The standard InChI is InChI=1S/C15H21N5S/c1-19-14(13-6-5-7-16-12-13)17-18-15(19)21-11-10-20-8-3-2-4-9-20/h5-7,12H,2-4,8-11H2,1H3. The molecule has 3 heterocycles. The quantitative estimate of drug-likeness (QED) is 0.794. The van der Waals surface area contributed by atoms with Gasteiger partial charge >= 0.3 is 0 Å². The van der Waals surface area contributed by atoms with Crippen molar-refractivity contribution >= 4 is 11.8 Å². The zero-order chi connectivity index (χ0) is 14.5. The second-order valence-electron chi connectivity index (χ2n) is 5.36. The average Bonchev–Trinajstić information content (AvgIpc) is 2.90. The Morgan fingerprint density at radius 2 is 2.05 bits per heavy atom. The summed E-state index contributed by atoms with van der Waals surface area (Å²) in [5.74, 6) is 1.95. The van der Waals surface area contributed by atoms with E-state index < -0.39 is 0 Å². The van der Waals surface area contributed by atoms with Gasteiger partial charge in [0.2, 0.25) is 0 Å². The monoisotopic (exact) mass is 303 g/mol. The number of pyridine rings is 1. The van der Waals surface area contributed by atoms with Gasteiger partial charge < -0.3 is 9.47 Å². The molecule has 112 valence electrons. The van der Waals surface area contributed by atoms with E-state index in [0.29, 0.717) is 0 Å². The molecule has 2 aromatic heterocycles. The molecule has 0 aliphatic carbocycles. The molecular formula is C15H21N5S. The van der Waals surface area contributed by atoms with E-state index in [2.05, 4.69) is 24.6 Å². The van der Waals surface area contributed by atoms with Gasteiger partial charge in [0.15, 0.2) is 11.0 Å². The van der Waals surface area contributed by atoms with Crippen LogP contribution < -0.4 is 0 Å². The summed E-state index contributed by atoms with van der Waals surface area (Å²) < 4.78 is 2.05. The Morgan fingerprint density at radius 3 is 2.81 bits per heavy atom.